The Labute approximate surface area is 162 Å². The molecule has 0 saturated heterocycles. The van der Waals surface area contributed by atoms with Crippen molar-refractivity contribution in [3.63, 3.8) is 0 Å². The molecule has 0 aliphatic heterocycles. The monoisotopic (exact) mass is 357 g/mol. The lowest BCUT2D eigenvalue weighted by Gasteiger charge is -2.18. The van der Waals surface area contributed by atoms with Crippen molar-refractivity contribution in [2.24, 2.45) is 0 Å². The SMILES string of the molecule is CCC(C)c1ccc(NC(=O)CC(c2ccccc2)c2ccccc2)cc1. The summed E-state index contributed by atoms with van der Waals surface area (Å²) in [7, 11) is 0. The Morgan fingerprint density at radius 2 is 1.30 bits per heavy atom. The first-order valence-corrected chi connectivity index (χ1v) is 9.67. The lowest BCUT2D eigenvalue weighted by molar-refractivity contribution is -0.116. The Bertz CT molecular complexity index is 801. The number of carbonyl (C=O) groups is 1. The second kappa shape index (κ2) is 9.18. The fourth-order valence-corrected chi connectivity index (χ4v) is 3.33. The number of rotatable bonds is 7. The van der Waals surface area contributed by atoms with Crippen molar-refractivity contribution in [1.29, 1.82) is 0 Å². The van der Waals surface area contributed by atoms with E-state index >= 15 is 0 Å². The summed E-state index contributed by atoms with van der Waals surface area (Å²) in [5.41, 5.74) is 4.48. The lowest BCUT2D eigenvalue weighted by Crippen LogP contribution is -2.16. The molecule has 0 aromatic heterocycles. The summed E-state index contributed by atoms with van der Waals surface area (Å²) in [6.45, 7) is 4.41. The molecule has 3 rings (SSSR count). The van der Waals surface area contributed by atoms with Crippen LogP contribution in [0.1, 0.15) is 55.2 Å². The smallest absolute Gasteiger partial charge is 0.225 e. The maximum absolute atomic E-state index is 12.7. The van der Waals surface area contributed by atoms with E-state index in [2.05, 4.69) is 55.6 Å². The second-order valence-electron chi connectivity index (χ2n) is 7.06. The zero-order valence-electron chi connectivity index (χ0n) is 16.1. The van der Waals surface area contributed by atoms with Gasteiger partial charge >= 0.3 is 0 Å². The highest BCUT2D eigenvalue weighted by atomic mass is 16.1. The third-order valence-electron chi connectivity index (χ3n) is 5.17. The van der Waals surface area contributed by atoms with Crippen LogP contribution in [-0.4, -0.2) is 5.91 Å². The summed E-state index contributed by atoms with van der Waals surface area (Å²) in [5.74, 6) is 0.617. The van der Waals surface area contributed by atoms with Crippen molar-refractivity contribution in [3.8, 4) is 0 Å². The molecule has 1 N–H and O–H groups in total. The minimum Gasteiger partial charge on any atom is -0.326 e. The van der Waals surface area contributed by atoms with Gasteiger partial charge in [0.25, 0.3) is 0 Å². The molecule has 3 aromatic carbocycles. The molecule has 0 spiro atoms. The first-order chi connectivity index (χ1) is 13.2. The van der Waals surface area contributed by atoms with Crippen LogP contribution in [0.5, 0.6) is 0 Å². The van der Waals surface area contributed by atoms with Crippen LogP contribution in [0, 0.1) is 0 Å². The van der Waals surface area contributed by atoms with Gasteiger partial charge in [-0.15, -0.1) is 0 Å². The third-order valence-corrected chi connectivity index (χ3v) is 5.17. The number of nitrogens with one attached hydrogen (secondary N) is 1. The van der Waals surface area contributed by atoms with Crippen molar-refractivity contribution < 1.29 is 4.79 Å². The Hall–Kier alpha value is -2.87. The number of hydrogen-bond acceptors (Lipinski definition) is 1. The van der Waals surface area contributed by atoms with E-state index < -0.39 is 0 Å². The van der Waals surface area contributed by atoms with Crippen molar-refractivity contribution in [2.75, 3.05) is 5.32 Å². The maximum atomic E-state index is 12.7. The normalized spacial score (nSPS) is 12.0. The predicted molar refractivity (Wildman–Crippen MR) is 113 cm³/mol. The third kappa shape index (κ3) is 5.07. The Kier molecular flexibility index (Phi) is 6.43. The van der Waals surface area contributed by atoms with Crippen LogP contribution >= 0.6 is 0 Å². The summed E-state index contributed by atoms with van der Waals surface area (Å²) < 4.78 is 0. The molecule has 0 heterocycles. The Morgan fingerprint density at radius 1 is 0.778 bits per heavy atom. The van der Waals surface area contributed by atoms with Crippen LogP contribution in [0.25, 0.3) is 0 Å². The van der Waals surface area contributed by atoms with Gasteiger partial charge in [0, 0.05) is 18.0 Å². The van der Waals surface area contributed by atoms with Gasteiger partial charge < -0.3 is 5.32 Å². The van der Waals surface area contributed by atoms with Crippen LogP contribution in [0.3, 0.4) is 0 Å². The van der Waals surface area contributed by atoms with Gasteiger partial charge in [-0.05, 0) is 41.2 Å². The van der Waals surface area contributed by atoms with Gasteiger partial charge in [-0.3, -0.25) is 4.79 Å². The summed E-state index contributed by atoms with van der Waals surface area (Å²) in [4.78, 5) is 12.7. The van der Waals surface area contributed by atoms with Gasteiger partial charge in [-0.2, -0.15) is 0 Å². The minimum absolute atomic E-state index is 0.0315. The molecular weight excluding hydrogens is 330 g/mol. The molecule has 0 bridgehead atoms. The molecule has 0 saturated carbocycles. The molecule has 2 nitrogen and oxygen atoms in total. The molecule has 27 heavy (non-hydrogen) atoms. The first kappa shape index (κ1) is 18.9. The van der Waals surface area contributed by atoms with E-state index in [1.54, 1.807) is 0 Å². The highest BCUT2D eigenvalue weighted by Crippen LogP contribution is 2.28. The number of amides is 1. The Balaban J connectivity index is 1.73. The lowest BCUT2D eigenvalue weighted by atomic mass is 9.88. The molecule has 1 atom stereocenters. The van der Waals surface area contributed by atoms with Gasteiger partial charge in [0.05, 0.1) is 0 Å². The molecule has 1 unspecified atom stereocenters. The van der Waals surface area contributed by atoms with E-state index in [1.165, 1.54) is 5.56 Å². The number of anilines is 1. The first-order valence-electron chi connectivity index (χ1n) is 9.67. The van der Waals surface area contributed by atoms with E-state index in [1.807, 2.05) is 48.5 Å². The maximum Gasteiger partial charge on any atom is 0.225 e. The van der Waals surface area contributed by atoms with Crippen molar-refractivity contribution in [1.82, 2.24) is 0 Å². The van der Waals surface area contributed by atoms with Crippen molar-refractivity contribution in [3.05, 3.63) is 102 Å². The Morgan fingerprint density at radius 3 is 1.78 bits per heavy atom. The topological polar surface area (TPSA) is 29.1 Å². The van der Waals surface area contributed by atoms with Crippen molar-refractivity contribution >= 4 is 11.6 Å². The molecule has 0 radical (unpaired) electrons. The van der Waals surface area contributed by atoms with Crippen LogP contribution in [0.4, 0.5) is 5.69 Å². The van der Waals surface area contributed by atoms with Gasteiger partial charge in [-0.1, -0.05) is 86.6 Å². The van der Waals surface area contributed by atoms with E-state index in [-0.39, 0.29) is 11.8 Å². The second-order valence-corrected chi connectivity index (χ2v) is 7.06. The quantitative estimate of drug-likeness (QED) is 0.523. The highest BCUT2D eigenvalue weighted by Gasteiger charge is 2.18. The van der Waals surface area contributed by atoms with Crippen LogP contribution in [0.15, 0.2) is 84.9 Å². The summed E-state index contributed by atoms with van der Waals surface area (Å²) in [6.07, 6.45) is 1.53. The highest BCUT2D eigenvalue weighted by molar-refractivity contribution is 5.91. The van der Waals surface area contributed by atoms with E-state index in [0.29, 0.717) is 12.3 Å². The van der Waals surface area contributed by atoms with E-state index in [0.717, 1.165) is 23.2 Å². The molecule has 138 valence electrons. The zero-order chi connectivity index (χ0) is 19.1. The number of carbonyl (C=O) groups excluding carboxylic acids is 1. The molecule has 2 heteroatoms. The summed E-state index contributed by atoms with van der Waals surface area (Å²) in [6, 6.07) is 28.7. The summed E-state index contributed by atoms with van der Waals surface area (Å²) in [5, 5.41) is 3.06. The molecule has 0 aliphatic rings. The van der Waals surface area contributed by atoms with Gasteiger partial charge in [-0.25, -0.2) is 0 Å². The van der Waals surface area contributed by atoms with Gasteiger partial charge in [0.2, 0.25) is 5.91 Å². The average Bonchev–Trinajstić information content (AvgIpc) is 2.73. The van der Waals surface area contributed by atoms with Crippen LogP contribution < -0.4 is 5.32 Å². The molecule has 3 aromatic rings. The average molecular weight is 357 g/mol. The fourth-order valence-electron chi connectivity index (χ4n) is 3.33. The van der Waals surface area contributed by atoms with Crippen molar-refractivity contribution in [2.45, 2.75) is 38.5 Å². The van der Waals surface area contributed by atoms with Crippen LogP contribution in [0.2, 0.25) is 0 Å². The molecular formula is C25H27NO. The number of benzene rings is 3. The molecule has 0 fully saturated rings. The van der Waals surface area contributed by atoms with Crippen LogP contribution in [-0.2, 0) is 4.79 Å². The largest absolute Gasteiger partial charge is 0.326 e. The van der Waals surface area contributed by atoms with E-state index in [4.69, 9.17) is 0 Å². The fraction of sp³-hybridized carbons (Fsp3) is 0.240. The van der Waals surface area contributed by atoms with Gasteiger partial charge in [0.15, 0.2) is 0 Å². The number of hydrogen-bond donors (Lipinski definition) is 1. The minimum atomic E-state index is 0.0315. The molecule has 1 amide bonds. The zero-order valence-corrected chi connectivity index (χ0v) is 16.1. The van der Waals surface area contributed by atoms with Gasteiger partial charge in [0.1, 0.15) is 0 Å². The predicted octanol–water partition coefficient (Wildman–Crippen LogP) is 6.36. The van der Waals surface area contributed by atoms with E-state index in [9.17, 15) is 4.79 Å². The molecule has 0 aliphatic carbocycles. The standard InChI is InChI=1S/C25H27NO/c1-3-19(2)20-14-16-23(17-15-20)26-25(27)18-24(21-10-6-4-7-11-21)22-12-8-5-9-13-22/h4-17,19,24H,3,18H2,1-2H3,(H,26,27). The summed E-state index contributed by atoms with van der Waals surface area (Å²) >= 11 is 0.